The molecule has 0 saturated carbocycles. The molecule has 1 saturated heterocycles. The van der Waals surface area contributed by atoms with E-state index in [2.05, 4.69) is 21.9 Å². The molecule has 1 radical (unpaired) electrons. The van der Waals surface area contributed by atoms with Crippen LogP contribution in [-0.4, -0.2) is 36.8 Å². The van der Waals surface area contributed by atoms with E-state index in [1.165, 1.54) is 6.33 Å². The van der Waals surface area contributed by atoms with Gasteiger partial charge >= 0.3 is 0 Å². The van der Waals surface area contributed by atoms with Crippen molar-refractivity contribution in [2.75, 3.05) is 5.73 Å². The fraction of sp³-hybridized carbons (Fsp3) is 0.286. The van der Waals surface area contributed by atoms with Gasteiger partial charge in [0.2, 0.25) is 0 Å². The minimum atomic E-state index is -0.564. The van der Waals surface area contributed by atoms with Crippen LogP contribution in [0.3, 0.4) is 0 Å². The topological polar surface area (TPSA) is 99.1 Å². The lowest BCUT2D eigenvalue weighted by atomic mass is 10.2. The van der Waals surface area contributed by atoms with Crippen LogP contribution < -0.4 is 5.73 Å². The number of benzene rings is 1. The maximum atomic E-state index is 9.79. The SMILES string of the molecule is [CH2][C@H]1O[C@@H](n2cnc3cc4c(N)ncnc4cc32)C[C@H]1O. The van der Waals surface area contributed by atoms with Crippen LogP contribution in [0.4, 0.5) is 5.82 Å². The van der Waals surface area contributed by atoms with Gasteiger partial charge in [0, 0.05) is 11.8 Å². The molecule has 3 heterocycles. The largest absolute Gasteiger partial charge is 0.390 e. The summed E-state index contributed by atoms with van der Waals surface area (Å²) in [7, 11) is 0. The van der Waals surface area contributed by atoms with Crippen LogP contribution in [-0.2, 0) is 4.74 Å². The molecule has 0 unspecified atom stereocenters. The third-order valence-electron chi connectivity index (χ3n) is 3.88. The first-order chi connectivity index (χ1) is 10.1. The molecule has 1 fully saturated rings. The Labute approximate surface area is 120 Å². The molecule has 4 rings (SSSR count). The number of nitrogens with zero attached hydrogens (tertiary/aromatic N) is 4. The molecule has 1 aliphatic rings. The van der Waals surface area contributed by atoms with Gasteiger partial charge in [-0.15, -0.1) is 0 Å². The second kappa shape index (κ2) is 4.37. The van der Waals surface area contributed by atoms with E-state index in [0.717, 1.165) is 21.9 Å². The van der Waals surface area contributed by atoms with Crippen molar-refractivity contribution in [3.63, 3.8) is 0 Å². The second-order valence-corrected chi connectivity index (χ2v) is 5.20. The fourth-order valence-corrected chi connectivity index (χ4v) is 2.71. The van der Waals surface area contributed by atoms with Crippen LogP contribution in [0, 0.1) is 6.92 Å². The molecule has 107 valence electrons. The molecule has 3 aromatic rings. The number of aliphatic hydroxyl groups is 1. The predicted octanol–water partition coefficient (Wildman–Crippen LogP) is 1.04. The van der Waals surface area contributed by atoms with Crippen molar-refractivity contribution in [1.82, 2.24) is 19.5 Å². The Morgan fingerprint density at radius 2 is 2.14 bits per heavy atom. The van der Waals surface area contributed by atoms with Gasteiger partial charge < -0.3 is 20.1 Å². The number of fused-ring (bicyclic) bond motifs is 2. The molecule has 2 aromatic heterocycles. The van der Waals surface area contributed by atoms with Gasteiger partial charge in [-0.2, -0.15) is 0 Å². The first-order valence-corrected chi connectivity index (χ1v) is 6.67. The van der Waals surface area contributed by atoms with Gasteiger partial charge in [0.05, 0.1) is 35.1 Å². The van der Waals surface area contributed by atoms with E-state index in [1.807, 2.05) is 16.7 Å². The van der Waals surface area contributed by atoms with Gasteiger partial charge in [-0.25, -0.2) is 15.0 Å². The van der Waals surface area contributed by atoms with Crippen molar-refractivity contribution in [1.29, 1.82) is 0 Å². The van der Waals surface area contributed by atoms with Crippen molar-refractivity contribution in [3.8, 4) is 0 Å². The minimum absolute atomic E-state index is 0.274. The molecule has 0 aliphatic carbocycles. The summed E-state index contributed by atoms with van der Waals surface area (Å²) in [5, 5.41) is 10.6. The van der Waals surface area contributed by atoms with E-state index in [9.17, 15) is 5.11 Å². The summed E-state index contributed by atoms with van der Waals surface area (Å²) in [6.45, 7) is 3.78. The van der Waals surface area contributed by atoms with Crippen LogP contribution in [0.15, 0.2) is 24.8 Å². The highest BCUT2D eigenvalue weighted by Gasteiger charge is 2.32. The number of aromatic nitrogens is 4. The number of imidazole rings is 1. The Morgan fingerprint density at radius 1 is 1.29 bits per heavy atom. The molecular formula is C14H14N5O2. The van der Waals surface area contributed by atoms with Crippen LogP contribution in [0.5, 0.6) is 0 Å². The molecule has 1 aliphatic heterocycles. The molecule has 21 heavy (non-hydrogen) atoms. The first kappa shape index (κ1) is 12.5. The van der Waals surface area contributed by atoms with Crippen molar-refractivity contribution in [2.24, 2.45) is 0 Å². The van der Waals surface area contributed by atoms with Crippen LogP contribution in [0.2, 0.25) is 0 Å². The molecule has 0 spiro atoms. The summed E-state index contributed by atoms with van der Waals surface area (Å²) in [6, 6.07) is 3.77. The minimum Gasteiger partial charge on any atom is -0.390 e. The lowest BCUT2D eigenvalue weighted by molar-refractivity contribution is 0.00775. The van der Waals surface area contributed by atoms with E-state index in [4.69, 9.17) is 10.5 Å². The monoisotopic (exact) mass is 284 g/mol. The summed E-state index contributed by atoms with van der Waals surface area (Å²) >= 11 is 0. The smallest absolute Gasteiger partial charge is 0.138 e. The maximum absolute atomic E-state index is 9.79. The van der Waals surface area contributed by atoms with E-state index < -0.39 is 12.2 Å². The Hall–Kier alpha value is -2.25. The predicted molar refractivity (Wildman–Crippen MR) is 77.1 cm³/mol. The average Bonchev–Trinajstić information content (AvgIpc) is 3.01. The van der Waals surface area contributed by atoms with Gasteiger partial charge in [0.1, 0.15) is 18.4 Å². The van der Waals surface area contributed by atoms with Gasteiger partial charge in [0.15, 0.2) is 0 Å². The highest BCUT2D eigenvalue weighted by molar-refractivity contribution is 5.97. The summed E-state index contributed by atoms with van der Waals surface area (Å²) in [5.41, 5.74) is 8.28. The molecule has 0 amide bonds. The van der Waals surface area contributed by atoms with Gasteiger partial charge in [-0.3, -0.25) is 0 Å². The number of anilines is 1. The van der Waals surface area contributed by atoms with Gasteiger partial charge in [0.25, 0.3) is 0 Å². The van der Waals surface area contributed by atoms with Crippen molar-refractivity contribution < 1.29 is 9.84 Å². The Morgan fingerprint density at radius 3 is 2.90 bits per heavy atom. The highest BCUT2D eigenvalue weighted by Crippen LogP contribution is 2.32. The molecule has 7 heteroatoms. The Kier molecular flexibility index (Phi) is 2.60. The normalized spacial score (nSPS) is 25.9. The number of nitrogens with two attached hydrogens (primary N) is 1. The van der Waals surface area contributed by atoms with Crippen molar-refractivity contribution >= 4 is 27.8 Å². The van der Waals surface area contributed by atoms with Crippen molar-refractivity contribution in [3.05, 3.63) is 31.7 Å². The third-order valence-corrected chi connectivity index (χ3v) is 3.88. The maximum Gasteiger partial charge on any atom is 0.138 e. The lowest BCUT2D eigenvalue weighted by Crippen LogP contribution is -2.15. The van der Waals surface area contributed by atoms with Crippen LogP contribution in [0.1, 0.15) is 12.6 Å². The molecule has 1 aromatic carbocycles. The third kappa shape index (κ3) is 1.85. The first-order valence-electron chi connectivity index (χ1n) is 6.67. The summed E-state index contributed by atoms with van der Waals surface area (Å²) < 4.78 is 7.56. The molecule has 3 N–H and O–H groups in total. The van der Waals surface area contributed by atoms with Crippen LogP contribution >= 0.6 is 0 Å². The zero-order valence-electron chi connectivity index (χ0n) is 11.2. The molecule has 3 atom stereocenters. The summed E-state index contributed by atoms with van der Waals surface area (Å²) in [5.74, 6) is 0.432. The highest BCUT2D eigenvalue weighted by atomic mass is 16.5. The quantitative estimate of drug-likeness (QED) is 0.693. The van der Waals surface area contributed by atoms with Crippen LogP contribution in [0.25, 0.3) is 21.9 Å². The number of rotatable bonds is 1. The van der Waals surface area contributed by atoms with E-state index in [1.54, 1.807) is 6.33 Å². The van der Waals surface area contributed by atoms with E-state index in [0.29, 0.717) is 12.2 Å². The van der Waals surface area contributed by atoms with Gasteiger partial charge in [-0.1, -0.05) is 0 Å². The summed E-state index contributed by atoms with van der Waals surface area (Å²) in [6.07, 6.45) is 2.36. The number of hydrogen-bond acceptors (Lipinski definition) is 6. The Bertz CT molecular complexity index is 821. The number of ether oxygens (including phenoxy) is 1. The number of nitrogen functional groups attached to an aromatic ring is 1. The molecule has 0 bridgehead atoms. The standard InChI is InChI=1S/C14H14N5O2/c1-7-12(20)4-13(21-7)19-6-18-10-2-8-9(3-11(10)19)16-5-17-14(8)15/h2-3,5-7,12-13,20H,1,4H2,(H2,15,16,17)/t7-,12-,13-/m1/s1. The zero-order chi connectivity index (χ0) is 14.6. The lowest BCUT2D eigenvalue weighted by Gasteiger charge is -2.13. The molecule has 7 nitrogen and oxygen atoms in total. The summed E-state index contributed by atoms with van der Waals surface area (Å²) in [4.78, 5) is 12.6. The average molecular weight is 284 g/mol. The Balaban J connectivity index is 1.88. The van der Waals surface area contributed by atoms with E-state index in [-0.39, 0.29) is 6.23 Å². The fourth-order valence-electron chi connectivity index (χ4n) is 2.71. The van der Waals surface area contributed by atoms with E-state index >= 15 is 0 Å². The number of aliphatic hydroxyl groups excluding tert-OH is 1. The number of hydrogen-bond donors (Lipinski definition) is 2. The van der Waals surface area contributed by atoms with Gasteiger partial charge in [-0.05, 0) is 19.1 Å². The molecular weight excluding hydrogens is 270 g/mol. The second-order valence-electron chi connectivity index (χ2n) is 5.20. The van der Waals surface area contributed by atoms with Crippen molar-refractivity contribution in [2.45, 2.75) is 24.9 Å². The zero-order valence-corrected chi connectivity index (χ0v) is 11.2.